The predicted octanol–water partition coefficient (Wildman–Crippen LogP) is 2.24. The van der Waals surface area contributed by atoms with Crippen molar-refractivity contribution in [3.63, 3.8) is 0 Å². The summed E-state index contributed by atoms with van der Waals surface area (Å²) in [7, 11) is 1.56. The molecule has 0 unspecified atom stereocenters. The van der Waals surface area contributed by atoms with E-state index in [9.17, 15) is 4.79 Å². The van der Waals surface area contributed by atoms with Crippen LogP contribution >= 0.6 is 0 Å². The van der Waals surface area contributed by atoms with Crippen LogP contribution in [-0.4, -0.2) is 45.2 Å². The summed E-state index contributed by atoms with van der Waals surface area (Å²) in [5.74, 6) is 0.434. The third-order valence-electron chi connectivity index (χ3n) is 4.60. The summed E-state index contributed by atoms with van der Waals surface area (Å²) in [6.45, 7) is 8.65. The van der Waals surface area contributed by atoms with Gasteiger partial charge in [0, 0.05) is 30.7 Å². The first-order valence-electron chi connectivity index (χ1n) is 8.07. The topological polar surface area (TPSA) is 60.2 Å². The van der Waals surface area contributed by atoms with Crippen molar-refractivity contribution in [2.45, 2.75) is 45.2 Å². The third-order valence-corrected chi connectivity index (χ3v) is 4.60. The quantitative estimate of drug-likeness (QED) is 0.850. The standard InChI is InChI=1S/C17H24N4O2/c1-17(2,3)20-9-7-12(8-10-20)21-15(22)6-5-13-16(21)19-14(23-4)11-18-13/h5-6,11-12H,7-10H2,1-4H3. The van der Waals surface area contributed by atoms with Gasteiger partial charge in [0.15, 0.2) is 5.65 Å². The van der Waals surface area contributed by atoms with Crippen molar-refractivity contribution < 1.29 is 4.74 Å². The molecule has 124 valence electrons. The highest BCUT2D eigenvalue weighted by Crippen LogP contribution is 2.28. The second kappa shape index (κ2) is 5.92. The fraction of sp³-hybridized carbons (Fsp3) is 0.588. The molecule has 0 radical (unpaired) electrons. The molecule has 3 rings (SSSR count). The van der Waals surface area contributed by atoms with Gasteiger partial charge in [0.05, 0.1) is 13.3 Å². The van der Waals surface area contributed by atoms with Crippen LogP contribution in [0, 0.1) is 0 Å². The van der Waals surface area contributed by atoms with Crippen molar-refractivity contribution in [1.82, 2.24) is 19.4 Å². The third kappa shape index (κ3) is 3.08. The Hall–Kier alpha value is -1.95. The number of likely N-dealkylation sites (tertiary alicyclic amines) is 1. The van der Waals surface area contributed by atoms with Crippen LogP contribution in [0.5, 0.6) is 5.88 Å². The van der Waals surface area contributed by atoms with Gasteiger partial charge in [-0.1, -0.05) is 0 Å². The molecule has 0 saturated carbocycles. The van der Waals surface area contributed by atoms with Crippen LogP contribution in [-0.2, 0) is 0 Å². The number of hydrogen-bond donors (Lipinski definition) is 0. The predicted molar refractivity (Wildman–Crippen MR) is 89.9 cm³/mol. The Morgan fingerprint density at radius 1 is 1.22 bits per heavy atom. The number of nitrogens with zero attached hydrogens (tertiary/aromatic N) is 4. The second-order valence-corrected chi connectivity index (χ2v) is 7.05. The van der Waals surface area contributed by atoms with E-state index in [0.717, 1.165) is 31.4 Å². The maximum Gasteiger partial charge on any atom is 0.252 e. The lowest BCUT2D eigenvalue weighted by Crippen LogP contribution is -2.47. The van der Waals surface area contributed by atoms with Crippen molar-refractivity contribution in [2.75, 3.05) is 20.2 Å². The Bertz CT molecular complexity index is 755. The lowest BCUT2D eigenvalue weighted by Gasteiger charge is -2.41. The molecule has 1 aliphatic rings. The zero-order chi connectivity index (χ0) is 16.6. The van der Waals surface area contributed by atoms with E-state index >= 15 is 0 Å². The van der Waals surface area contributed by atoms with Crippen molar-refractivity contribution in [3.8, 4) is 5.88 Å². The van der Waals surface area contributed by atoms with E-state index in [1.165, 1.54) is 0 Å². The van der Waals surface area contributed by atoms with Crippen LogP contribution < -0.4 is 10.3 Å². The average Bonchev–Trinajstić information content (AvgIpc) is 2.53. The van der Waals surface area contributed by atoms with Gasteiger partial charge >= 0.3 is 0 Å². The first kappa shape index (κ1) is 15.9. The van der Waals surface area contributed by atoms with Crippen LogP contribution in [0.3, 0.4) is 0 Å². The fourth-order valence-electron chi connectivity index (χ4n) is 3.25. The van der Waals surface area contributed by atoms with E-state index < -0.39 is 0 Å². The highest BCUT2D eigenvalue weighted by Gasteiger charge is 2.28. The molecule has 0 bridgehead atoms. The average molecular weight is 316 g/mol. The van der Waals surface area contributed by atoms with Gasteiger partial charge < -0.3 is 4.74 Å². The van der Waals surface area contributed by atoms with Crippen molar-refractivity contribution in [1.29, 1.82) is 0 Å². The summed E-state index contributed by atoms with van der Waals surface area (Å²) < 4.78 is 6.97. The fourth-order valence-corrected chi connectivity index (χ4v) is 3.25. The molecule has 3 heterocycles. The van der Waals surface area contributed by atoms with E-state index in [1.807, 2.05) is 0 Å². The normalized spacial score (nSPS) is 17.6. The molecule has 6 nitrogen and oxygen atoms in total. The van der Waals surface area contributed by atoms with E-state index in [0.29, 0.717) is 11.5 Å². The van der Waals surface area contributed by atoms with Crippen LogP contribution in [0.2, 0.25) is 0 Å². The van der Waals surface area contributed by atoms with E-state index in [-0.39, 0.29) is 17.1 Å². The Morgan fingerprint density at radius 3 is 2.52 bits per heavy atom. The smallest absolute Gasteiger partial charge is 0.252 e. The molecule has 0 amide bonds. The number of piperidine rings is 1. The van der Waals surface area contributed by atoms with E-state index in [4.69, 9.17) is 4.74 Å². The molecule has 0 spiro atoms. The summed E-state index contributed by atoms with van der Waals surface area (Å²) in [6, 6.07) is 3.47. The molecule has 1 aliphatic heterocycles. The van der Waals surface area contributed by atoms with Gasteiger partial charge in [-0.15, -0.1) is 0 Å². The monoisotopic (exact) mass is 316 g/mol. The SMILES string of the molecule is COc1cnc2ccc(=O)n(C3CCN(C(C)(C)C)CC3)c2n1. The maximum atomic E-state index is 12.5. The Balaban J connectivity index is 1.97. The summed E-state index contributed by atoms with van der Waals surface area (Å²) >= 11 is 0. The zero-order valence-corrected chi connectivity index (χ0v) is 14.2. The lowest BCUT2D eigenvalue weighted by molar-refractivity contribution is 0.0899. The van der Waals surface area contributed by atoms with Gasteiger partial charge in [-0.2, -0.15) is 4.98 Å². The highest BCUT2D eigenvalue weighted by atomic mass is 16.5. The number of fused-ring (bicyclic) bond motifs is 1. The van der Waals surface area contributed by atoms with Crippen LogP contribution in [0.25, 0.3) is 11.2 Å². The molecule has 6 heteroatoms. The molecule has 23 heavy (non-hydrogen) atoms. The number of hydrogen-bond acceptors (Lipinski definition) is 5. The van der Waals surface area contributed by atoms with Crippen LogP contribution in [0.4, 0.5) is 0 Å². The first-order valence-corrected chi connectivity index (χ1v) is 8.07. The van der Waals surface area contributed by atoms with Crippen LogP contribution in [0.1, 0.15) is 39.7 Å². The van der Waals surface area contributed by atoms with Gasteiger partial charge in [0.1, 0.15) is 5.52 Å². The van der Waals surface area contributed by atoms with Gasteiger partial charge in [0.25, 0.3) is 5.56 Å². The molecule has 1 saturated heterocycles. The number of aromatic nitrogens is 3. The van der Waals surface area contributed by atoms with Gasteiger partial charge in [-0.25, -0.2) is 4.98 Å². The van der Waals surface area contributed by atoms with Crippen molar-refractivity contribution in [3.05, 3.63) is 28.7 Å². The first-order chi connectivity index (χ1) is 10.9. The molecule has 2 aromatic heterocycles. The summed E-state index contributed by atoms with van der Waals surface area (Å²) in [4.78, 5) is 23.7. The summed E-state index contributed by atoms with van der Waals surface area (Å²) in [5, 5.41) is 0. The van der Waals surface area contributed by atoms with Crippen molar-refractivity contribution in [2.24, 2.45) is 0 Å². The molecule has 1 fully saturated rings. The molecular weight excluding hydrogens is 292 g/mol. The Morgan fingerprint density at radius 2 is 1.91 bits per heavy atom. The number of rotatable bonds is 2. The minimum atomic E-state index is -0.0192. The van der Waals surface area contributed by atoms with E-state index in [2.05, 4.69) is 35.6 Å². The molecule has 0 aliphatic carbocycles. The Kier molecular flexibility index (Phi) is 4.10. The molecular formula is C17H24N4O2. The minimum absolute atomic E-state index is 0.0192. The lowest BCUT2D eigenvalue weighted by atomic mass is 9.98. The van der Waals surface area contributed by atoms with Gasteiger partial charge in [0.2, 0.25) is 5.88 Å². The molecule has 0 atom stereocenters. The zero-order valence-electron chi connectivity index (χ0n) is 14.2. The summed E-state index contributed by atoms with van der Waals surface area (Å²) in [5.41, 5.74) is 1.49. The van der Waals surface area contributed by atoms with Crippen LogP contribution in [0.15, 0.2) is 23.1 Å². The Labute approximate surface area is 136 Å². The summed E-state index contributed by atoms with van der Waals surface area (Å²) in [6.07, 6.45) is 3.46. The van der Waals surface area contributed by atoms with Gasteiger partial charge in [-0.05, 0) is 39.7 Å². The number of methoxy groups -OCH3 is 1. The van der Waals surface area contributed by atoms with E-state index in [1.54, 1.807) is 30.0 Å². The highest BCUT2D eigenvalue weighted by molar-refractivity contribution is 5.70. The number of pyridine rings is 1. The van der Waals surface area contributed by atoms with Crippen molar-refractivity contribution >= 4 is 11.2 Å². The van der Waals surface area contributed by atoms with Gasteiger partial charge in [-0.3, -0.25) is 14.3 Å². The number of ether oxygens (including phenoxy) is 1. The second-order valence-electron chi connectivity index (χ2n) is 7.05. The molecule has 0 N–H and O–H groups in total. The largest absolute Gasteiger partial charge is 0.480 e. The molecule has 2 aromatic rings. The maximum absolute atomic E-state index is 12.5. The minimum Gasteiger partial charge on any atom is -0.480 e. The molecule has 0 aromatic carbocycles.